The molecule has 0 radical (unpaired) electrons. The second-order valence-corrected chi connectivity index (χ2v) is 4.47. The molecule has 0 aliphatic carbocycles. The number of hydrogen-bond acceptors (Lipinski definition) is 4. The topological polar surface area (TPSA) is 54.4 Å². The third-order valence-electron chi connectivity index (χ3n) is 2.74. The molecule has 2 atom stereocenters. The zero-order valence-electron chi connectivity index (χ0n) is 11.3. The first kappa shape index (κ1) is 15.1. The summed E-state index contributed by atoms with van der Waals surface area (Å²) < 4.78 is 5.37. The van der Waals surface area contributed by atoms with Crippen LogP contribution in [0.25, 0.3) is 0 Å². The van der Waals surface area contributed by atoms with E-state index in [1.54, 1.807) is 6.20 Å². The standard InChI is InChI=1S/C14H24N2O2/c1-3-4-9-18-11-13(17)10-16-12(2)14-7-5-6-8-15-14/h5-8,12-13,16-17H,3-4,9-11H2,1-2H3. The fourth-order valence-corrected chi connectivity index (χ4v) is 1.57. The van der Waals surface area contributed by atoms with Crippen molar-refractivity contribution in [3.63, 3.8) is 0 Å². The minimum atomic E-state index is -0.465. The van der Waals surface area contributed by atoms with Gasteiger partial charge in [0.2, 0.25) is 0 Å². The van der Waals surface area contributed by atoms with E-state index in [0.717, 1.165) is 25.1 Å². The number of pyridine rings is 1. The van der Waals surface area contributed by atoms with Gasteiger partial charge in [0.15, 0.2) is 0 Å². The third kappa shape index (κ3) is 6.10. The van der Waals surface area contributed by atoms with Crippen molar-refractivity contribution in [2.75, 3.05) is 19.8 Å². The SMILES string of the molecule is CCCCOCC(O)CNC(C)c1ccccn1. The van der Waals surface area contributed by atoms with Crippen LogP contribution in [0.3, 0.4) is 0 Å². The molecule has 0 saturated carbocycles. The number of hydrogen-bond donors (Lipinski definition) is 2. The highest BCUT2D eigenvalue weighted by atomic mass is 16.5. The number of rotatable bonds is 9. The molecule has 2 N–H and O–H groups in total. The fraction of sp³-hybridized carbons (Fsp3) is 0.643. The van der Waals surface area contributed by atoms with E-state index in [2.05, 4.69) is 17.2 Å². The highest BCUT2D eigenvalue weighted by molar-refractivity contribution is 5.07. The van der Waals surface area contributed by atoms with Crippen molar-refractivity contribution in [1.82, 2.24) is 10.3 Å². The maximum Gasteiger partial charge on any atom is 0.0897 e. The van der Waals surface area contributed by atoms with Gasteiger partial charge in [0.05, 0.1) is 18.4 Å². The Labute approximate surface area is 109 Å². The Kier molecular flexibility index (Phi) is 7.57. The van der Waals surface area contributed by atoms with Gasteiger partial charge in [0.1, 0.15) is 0 Å². The molecule has 1 aromatic heterocycles. The first-order valence-corrected chi connectivity index (χ1v) is 6.64. The minimum Gasteiger partial charge on any atom is -0.389 e. The smallest absolute Gasteiger partial charge is 0.0897 e. The van der Waals surface area contributed by atoms with Gasteiger partial charge < -0.3 is 15.2 Å². The Morgan fingerprint density at radius 3 is 2.94 bits per heavy atom. The average Bonchev–Trinajstić information content (AvgIpc) is 2.42. The van der Waals surface area contributed by atoms with Gasteiger partial charge in [0, 0.05) is 25.4 Å². The van der Waals surface area contributed by atoms with Gasteiger partial charge in [-0.3, -0.25) is 4.98 Å². The van der Waals surface area contributed by atoms with Gasteiger partial charge in [-0.2, -0.15) is 0 Å². The van der Waals surface area contributed by atoms with E-state index < -0.39 is 6.10 Å². The molecule has 0 saturated heterocycles. The lowest BCUT2D eigenvalue weighted by Crippen LogP contribution is -2.32. The van der Waals surface area contributed by atoms with Gasteiger partial charge in [-0.1, -0.05) is 19.4 Å². The van der Waals surface area contributed by atoms with Gasteiger partial charge in [-0.25, -0.2) is 0 Å². The fourth-order valence-electron chi connectivity index (χ4n) is 1.57. The van der Waals surface area contributed by atoms with Gasteiger partial charge in [-0.15, -0.1) is 0 Å². The Morgan fingerprint density at radius 2 is 2.28 bits per heavy atom. The maximum absolute atomic E-state index is 9.74. The Bertz CT molecular complexity index is 306. The molecule has 0 fully saturated rings. The first-order valence-electron chi connectivity index (χ1n) is 6.64. The van der Waals surface area contributed by atoms with Gasteiger partial charge in [0.25, 0.3) is 0 Å². The predicted octanol–water partition coefficient (Wildman–Crippen LogP) is 1.91. The van der Waals surface area contributed by atoms with Crippen molar-refractivity contribution < 1.29 is 9.84 Å². The Hall–Kier alpha value is -0.970. The molecule has 0 aliphatic heterocycles. The molecule has 0 amide bonds. The molecule has 4 heteroatoms. The second kappa shape index (κ2) is 9.03. The Morgan fingerprint density at radius 1 is 1.44 bits per heavy atom. The summed E-state index contributed by atoms with van der Waals surface area (Å²) in [5.74, 6) is 0. The quantitative estimate of drug-likeness (QED) is 0.659. The summed E-state index contributed by atoms with van der Waals surface area (Å²) in [6.45, 7) is 5.79. The lowest BCUT2D eigenvalue weighted by molar-refractivity contribution is 0.0347. The van der Waals surface area contributed by atoms with Crippen molar-refractivity contribution in [2.24, 2.45) is 0 Å². The molecule has 0 bridgehead atoms. The first-order chi connectivity index (χ1) is 8.74. The summed E-state index contributed by atoms with van der Waals surface area (Å²) in [7, 11) is 0. The summed E-state index contributed by atoms with van der Waals surface area (Å²) in [4.78, 5) is 4.27. The zero-order chi connectivity index (χ0) is 13.2. The second-order valence-electron chi connectivity index (χ2n) is 4.47. The van der Waals surface area contributed by atoms with Crippen LogP contribution in [0.4, 0.5) is 0 Å². The van der Waals surface area contributed by atoms with Crippen LogP contribution in [-0.4, -0.2) is 36.0 Å². The normalized spacial score (nSPS) is 14.4. The summed E-state index contributed by atoms with van der Waals surface area (Å²) in [5, 5.41) is 13.0. The number of aliphatic hydroxyl groups is 1. The maximum atomic E-state index is 9.74. The van der Waals surface area contributed by atoms with Crippen LogP contribution in [0.1, 0.15) is 38.4 Å². The summed E-state index contributed by atoms with van der Waals surface area (Å²) >= 11 is 0. The van der Waals surface area contributed by atoms with Crippen LogP contribution in [0.15, 0.2) is 24.4 Å². The third-order valence-corrected chi connectivity index (χ3v) is 2.74. The molecule has 102 valence electrons. The molecule has 0 spiro atoms. The van der Waals surface area contributed by atoms with E-state index in [1.807, 2.05) is 25.1 Å². The zero-order valence-corrected chi connectivity index (χ0v) is 11.3. The molecule has 1 rings (SSSR count). The van der Waals surface area contributed by atoms with E-state index in [-0.39, 0.29) is 6.04 Å². The summed E-state index contributed by atoms with van der Waals surface area (Å²) in [6.07, 6.45) is 3.47. The van der Waals surface area contributed by atoms with Crippen molar-refractivity contribution in [3.8, 4) is 0 Å². The summed E-state index contributed by atoms with van der Waals surface area (Å²) in [5.41, 5.74) is 0.983. The molecule has 0 aromatic carbocycles. The molecule has 18 heavy (non-hydrogen) atoms. The molecular formula is C14H24N2O2. The van der Waals surface area contributed by atoms with Crippen molar-refractivity contribution in [1.29, 1.82) is 0 Å². The number of aromatic nitrogens is 1. The van der Waals surface area contributed by atoms with Crippen molar-refractivity contribution in [3.05, 3.63) is 30.1 Å². The minimum absolute atomic E-state index is 0.136. The van der Waals surface area contributed by atoms with Crippen LogP contribution in [0.2, 0.25) is 0 Å². The van der Waals surface area contributed by atoms with Gasteiger partial charge >= 0.3 is 0 Å². The van der Waals surface area contributed by atoms with E-state index >= 15 is 0 Å². The average molecular weight is 252 g/mol. The van der Waals surface area contributed by atoms with E-state index in [0.29, 0.717) is 13.2 Å². The van der Waals surface area contributed by atoms with E-state index in [9.17, 15) is 5.11 Å². The molecule has 1 heterocycles. The number of nitrogens with one attached hydrogen (secondary N) is 1. The van der Waals surface area contributed by atoms with Crippen LogP contribution in [0.5, 0.6) is 0 Å². The lowest BCUT2D eigenvalue weighted by atomic mass is 10.2. The molecule has 4 nitrogen and oxygen atoms in total. The van der Waals surface area contributed by atoms with Crippen molar-refractivity contribution in [2.45, 2.75) is 38.8 Å². The van der Waals surface area contributed by atoms with Crippen LogP contribution in [0, 0.1) is 0 Å². The van der Waals surface area contributed by atoms with Crippen LogP contribution in [-0.2, 0) is 4.74 Å². The largest absolute Gasteiger partial charge is 0.389 e. The lowest BCUT2D eigenvalue weighted by Gasteiger charge is -2.16. The van der Waals surface area contributed by atoms with E-state index in [1.165, 1.54) is 0 Å². The van der Waals surface area contributed by atoms with Crippen LogP contribution >= 0.6 is 0 Å². The number of ether oxygens (including phenoxy) is 1. The Balaban J connectivity index is 2.16. The van der Waals surface area contributed by atoms with Crippen molar-refractivity contribution >= 4 is 0 Å². The highest BCUT2D eigenvalue weighted by Crippen LogP contribution is 2.07. The predicted molar refractivity (Wildman–Crippen MR) is 72.4 cm³/mol. The summed E-state index contributed by atoms with van der Waals surface area (Å²) in [6, 6.07) is 5.97. The number of nitrogens with zero attached hydrogens (tertiary/aromatic N) is 1. The highest BCUT2D eigenvalue weighted by Gasteiger charge is 2.09. The molecular weight excluding hydrogens is 228 g/mol. The molecule has 0 aliphatic rings. The number of aliphatic hydroxyl groups excluding tert-OH is 1. The molecule has 2 unspecified atom stereocenters. The molecule has 1 aromatic rings. The van der Waals surface area contributed by atoms with Gasteiger partial charge in [-0.05, 0) is 25.5 Å². The van der Waals surface area contributed by atoms with E-state index in [4.69, 9.17) is 4.74 Å². The van der Waals surface area contributed by atoms with Crippen LogP contribution < -0.4 is 5.32 Å². The monoisotopic (exact) mass is 252 g/mol. The number of unbranched alkanes of at least 4 members (excludes halogenated alkanes) is 1.